The number of nitrogens with zero attached hydrogens (tertiary/aromatic N) is 2. The molecule has 1 aromatic heterocycles. The number of anilines is 1. The van der Waals surface area contributed by atoms with Gasteiger partial charge in [0.05, 0.1) is 0 Å². The summed E-state index contributed by atoms with van der Waals surface area (Å²) in [7, 11) is 0. The first-order valence-corrected chi connectivity index (χ1v) is 5.48. The summed E-state index contributed by atoms with van der Waals surface area (Å²) in [5.74, 6) is 1.55. The van der Waals surface area contributed by atoms with Gasteiger partial charge in [0, 0.05) is 17.1 Å². The molecule has 0 aliphatic heterocycles. The lowest BCUT2D eigenvalue weighted by Crippen LogP contribution is -2.27. The average Bonchev–Trinajstić information content (AvgIpc) is 2.72. The Morgan fingerprint density at radius 3 is 2.54 bits per heavy atom. The van der Waals surface area contributed by atoms with Crippen molar-refractivity contribution in [1.29, 1.82) is 0 Å². The Labute approximate surface area is 82.8 Å². The summed E-state index contributed by atoms with van der Waals surface area (Å²) in [6.45, 7) is 6.44. The molecule has 0 unspecified atom stereocenters. The highest BCUT2D eigenvalue weighted by atomic mass is 32.1. The van der Waals surface area contributed by atoms with E-state index in [2.05, 4.69) is 28.5 Å². The Morgan fingerprint density at radius 2 is 2.15 bits per heavy atom. The van der Waals surface area contributed by atoms with Crippen molar-refractivity contribution in [3.8, 4) is 0 Å². The molecule has 0 aromatic carbocycles. The molecule has 1 N–H and O–H groups in total. The Balaban J connectivity index is 2.06. The van der Waals surface area contributed by atoms with Crippen LogP contribution in [0.4, 0.5) is 5.13 Å². The van der Waals surface area contributed by atoms with E-state index in [0.29, 0.717) is 11.5 Å². The van der Waals surface area contributed by atoms with E-state index < -0.39 is 0 Å². The lowest BCUT2D eigenvalue weighted by molar-refractivity contribution is 0.511. The Bertz CT molecular complexity index is 302. The predicted octanol–water partition coefficient (Wildman–Crippen LogP) is 2.45. The van der Waals surface area contributed by atoms with Gasteiger partial charge >= 0.3 is 0 Å². The summed E-state index contributed by atoms with van der Waals surface area (Å²) < 4.78 is 4.16. The molecule has 0 atom stereocenters. The van der Waals surface area contributed by atoms with Crippen LogP contribution >= 0.6 is 11.5 Å². The number of hydrogen-bond donors (Lipinski definition) is 1. The minimum Gasteiger partial charge on any atom is -0.355 e. The first kappa shape index (κ1) is 8.94. The van der Waals surface area contributed by atoms with Crippen molar-refractivity contribution in [3.63, 3.8) is 0 Å². The normalized spacial score (nSPS) is 19.1. The Kier molecular flexibility index (Phi) is 2.02. The first-order chi connectivity index (χ1) is 6.12. The first-order valence-electron chi connectivity index (χ1n) is 4.71. The number of aryl methyl sites for hydroxylation is 1. The molecule has 1 fully saturated rings. The molecule has 72 valence electrons. The topological polar surface area (TPSA) is 37.8 Å². The SMILES string of the molecule is Cc1nsc(NC2(C(C)C)CC2)n1. The third kappa shape index (κ3) is 1.68. The minimum atomic E-state index is 0.325. The minimum absolute atomic E-state index is 0.325. The van der Waals surface area contributed by atoms with Gasteiger partial charge in [0.25, 0.3) is 0 Å². The summed E-state index contributed by atoms with van der Waals surface area (Å²) in [6.07, 6.45) is 2.53. The summed E-state index contributed by atoms with van der Waals surface area (Å²) in [5, 5.41) is 4.47. The molecule has 0 bridgehead atoms. The molecule has 1 saturated carbocycles. The third-order valence-electron chi connectivity index (χ3n) is 2.78. The molecule has 13 heavy (non-hydrogen) atoms. The summed E-state index contributed by atoms with van der Waals surface area (Å²) in [6, 6.07) is 0. The van der Waals surface area contributed by atoms with Gasteiger partial charge in [-0.2, -0.15) is 4.37 Å². The maximum absolute atomic E-state index is 4.31. The second-order valence-corrected chi connectivity index (χ2v) is 4.83. The number of rotatable bonds is 3. The quantitative estimate of drug-likeness (QED) is 0.808. The molecule has 2 rings (SSSR count). The zero-order valence-corrected chi connectivity index (χ0v) is 9.11. The van der Waals surface area contributed by atoms with Crippen molar-refractivity contribution in [2.75, 3.05) is 5.32 Å². The van der Waals surface area contributed by atoms with E-state index in [0.717, 1.165) is 11.0 Å². The van der Waals surface area contributed by atoms with E-state index in [4.69, 9.17) is 0 Å². The second-order valence-electron chi connectivity index (χ2n) is 4.08. The molecular weight excluding hydrogens is 182 g/mol. The fourth-order valence-corrected chi connectivity index (χ4v) is 2.22. The highest BCUT2D eigenvalue weighted by Crippen LogP contribution is 2.45. The van der Waals surface area contributed by atoms with Gasteiger partial charge in [0.15, 0.2) is 0 Å². The van der Waals surface area contributed by atoms with Crippen LogP contribution in [-0.2, 0) is 0 Å². The van der Waals surface area contributed by atoms with E-state index in [1.54, 1.807) is 0 Å². The Morgan fingerprint density at radius 1 is 1.46 bits per heavy atom. The van der Waals surface area contributed by atoms with Gasteiger partial charge in [-0.15, -0.1) is 0 Å². The third-order valence-corrected chi connectivity index (χ3v) is 3.50. The molecule has 4 heteroatoms. The molecule has 0 spiro atoms. The predicted molar refractivity (Wildman–Crippen MR) is 55.1 cm³/mol. The maximum Gasteiger partial charge on any atom is 0.203 e. The fourth-order valence-electron chi connectivity index (χ4n) is 1.54. The number of aromatic nitrogens is 2. The van der Waals surface area contributed by atoms with E-state index in [9.17, 15) is 0 Å². The molecule has 0 amide bonds. The number of nitrogens with one attached hydrogen (secondary N) is 1. The van der Waals surface area contributed by atoms with Crippen molar-refractivity contribution in [3.05, 3.63) is 5.82 Å². The van der Waals surface area contributed by atoms with Crippen LogP contribution in [0.25, 0.3) is 0 Å². The summed E-state index contributed by atoms with van der Waals surface area (Å²) >= 11 is 1.46. The standard InChI is InChI=1S/C9H15N3S/c1-6(2)9(4-5-9)11-8-10-7(3)12-13-8/h6H,4-5H2,1-3H3,(H,10,11,12). The maximum atomic E-state index is 4.31. The van der Waals surface area contributed by atoms with Gasteiger partial charge < -0.3 is 5.32 Å². The van der Waals surface area contributed by atoms with Crippen molar-refractivity contribution >= 4 is 16.7 Å². The monoisotopic (exact) mass is 197 g/mol. The van der Waals surface area contributed by atoms with Crippen molar-refractivity contribution in [2.24, 2.45) is 5.92 Å². The van der Waals surface area contributed by atoms with Crippen molar-refractivity contribution in [2.45, 2.75) is 39.2 Å². The molecule has 0 radical (unpaired) electrons. The van der Waals surface area contributed by atoms with Gasteiger partial charge in [0.2, 0.25) is 5.13 Å². The van der Waals surface area contributed by atoms with Gasteiger partial charge in [-0.1, -0.05) is 13.8 Å². The van der Waals surface area contributed by atoms with Crippen LogP contribution < -0.4 is 5.32 Å². The molecule has 1 aliphatic carbocycles. The molecular formula is C9H15N3S. The van der Waals surface area contributed by atoms with Crippen molar-refractivity contribution < 1.29 is 0 Å². The van der Waals surface area contributed by atoms with Crippen LogP contribution in [0.3, 0.4) is 0 Å². The molecule has 3 nitrogen and oxygen atoms in total. The summed E-state index contributed by atoms with van der Waals surface area (Å²) in [4.78, 5) is 4.31. The Hall–Kier alpha value is -0.640. The van der Waals surface area contributed by atoms with Crippen LogP contribution in [0.2, 0.25) is 0 Å². The second kappa shape index (κ2) is 2.94. The summed E-state index contributed by atoms with van der Waals surface area (Å²) in [5.41, 5.74) is 0.325. The van der Waals surface area contributed by atoms with Gasteiger partial charge in [-0.25, -0.2) is 4.98 Å². The number of hydrogen-bond acceptors (Lipinski definition) is 4. The molecule has 1 aliphatic rings. The van der Waals surface area contributed by atoms with Crippen LogP contribution in [-0.4, -0.2) is 14.9 Å². The van der Waals surface area contributed by atoms with E-state index in [1.807, 2.05) is 6.92 Å². The highest BCUT2D eigenvalue weighted by Gasteiger charge is 2.45. The molecule has 0 saturated heterocycles. The zero-order chi connectivity index (χ0) is 9.47. The van der Waals surface area contributed by atoms with E-state index in [-0.39, 0.29) is 0 Å². The smallest absolute Gasteiger partial charge is 0.203 e. The highest BCUT2D eigenvalue weighted by molar-refractivity contribution is 7.09. The van der Waals surface area contributed by atoms with Crippen LogP contribution in [0.5, 0.6) is 0 Å². The largest absolute Gasteiger partial charge is 0.355 e. The molecule has 1 heterocycles. The zero-order valence-electron chi connectivity index (χ0n) is 8.29. The fraction of sp³-hybridized carbons (Fsp3) is 0.778. The van der Waals surface area contributed by atoms with Gasteiger partial charge in [-0.3, -0.25) is 0 Å². The van der Waals surface area contributed by atoms with Crippen LogP contribution in [0.1, 0.15) is 32.5 Å². The van der Waals surface area contributed by atoms with Crippen LogP contribution in [0.15, 0.2) is 0 Å². The van der Waals surface area contributed by atoms with Gasteiger partial charge in [-0.05, 0) is 25.7 Å². The lowest BCUT2D eigenvalue weighted by Gasteiger charge is -2.20. The van der Waals surface area contributed by atoms with E-state index in [1.165, 1.54) is 24.4 Å². The van der Waals surface area contributed by atoms with E-state index >= 15 is 0 Å². The average molecular weight is 197 g/mol. The van der Waals surface area contributed by atoms with Gasteiger partial charge in [0.1, 0.15) is 5.82 Å². The lowest BCUT2D eigenvalue weighted by atomic mass is 10.0. The van der Waals surface area contributed by atoms with Crippen LogP contribution in [0, 0.1) is 12.8 Å². The molecule has 1 aromatic rings. The van der Waals surface area contributed by atoms with Crippen molar-refractivity contribution in [1.82, 2.24) is 9.36 Å².